The van der Waals surface area contributed by atoms with Crippen LogP contribution in [0.3, 0.4) is 0 Å². The van der Waals surface area contributed by atoms with Crippen LogP contribution in [0, 0.1) is 3.70 Å². The van der Waals surface area contributed by atoms with Crippen LogP contribution in [0.25, 0.3) is 11.0 Å². The average Bonchev–Trinajstić information content (AvgIpc) is 2.40. The Hall–Kier alpha value is -0.570. The fourth-order valence-electron chi connectivity index (χ4n) is 1.29. The van der Waals surface area contributed by atoms with Crippen LogP contribution in [-0.4, -0.2) is 20.9 Å². The molecule has 0 saturated carbocycles. The number of alkyl halides is 3. The number of rotatable bonds is 1. The molecule has 2 aromatic heterocycles. The molecule has 0 aliphatic heterocycles. The molecule has 8 heteroatoms. The lowest BCUT2D eigenvalue weighted by Gasteiger charge is -2.06. The van der Waals surface area contributed by atoms with Gasteiger partial charge in [0, 0.05) is 0 Å². The molecule has 0 atom stereocenters. The highest BCUT2D eigenvalue weighted by molar-refractivity contribution is 14.1. The van der Waals surface area contributed by atoms with Crippen molar-refractivity contribution in [2.45, 2.75) is 12.7 Å². The molecule has 2 rings (SSSR count). The van der Waals surface area contributed by atoms with Gasteiger partial charge in [0.2, 0.25) is 0 Å². The molecule has 0 spiro atoms. The monoisotopic (exact) mass is 361 g/mol. The van der Waals surface area contributed by atoms with E-state index in [2.05, 4.69) is 10.1 Å². The van der Waals surface area contributed by atoms with Gasteiger partial charge in [-0.3, -0.25) is 4.68 Å². The average molecular weight is 361 g/mol. The van der Waals surface area contributed by atoms with E-state index in [4.69, 9.17) is 11.6 Å². The molecule has 0 radical (unpaired) electrons. The second kappa shape index (κ2) is 4.02. The summed E-state index contributed by atoms with van der Waals surface area (Å²) in [6, 6.07) is 2.92. The molecular formula is C8H4ClF3IN3. The SMILES string of the molecule is FC(F)(F)Cn1nc(I)c2nc(Cl)ccc21. The normalized spacial score (nSPS) is 12.3. The molecule has 16 heavy (non-hydrogen) atoms. The van der Waals surface area contributed by atoms with Crippen molar-refractivity contribution < 1.29 is 13.2 Å². The predicted octanol–water partition coefficient (Wildman–Crippen LogP) is 3.25. The maximum atomic E-state index is 12.2. The van der Waals surface area contributed by atoms with E-state index in [0.717, 1.165) is 4.68 Å². The molecule has 0 N–H and O–H groups in total. The van der Waals surface area contributed by atoms with Crippen LogP contribution in [0.4, 0.5) is 13.2 Å². The van der Waals surface area contributed by atoms with Gasteiger partial charge in [0.1, 0.15) is 20.9 Å². The maximum Gasteiger partial charge on any atom is 0.408 e. The Kier molecular flexibility index (Phi) is 2.99. The number of hydrogen-bond acceptors (Lipinski definition) is 2. The summed E-state index contributed by atoms with van der Waals surface area (Å²) in [6.45, 7) is -1.13. The second-order valence-corrected chi connectivity index (χ2v) is 4.47. The molecule has 0 aliphatic rings. The molecule has 3 nitrogen and oxygen atoms in total. The van der Waals surface area contributed by atoms with Crippen LogP contribution in [0.2, 0.25) is 5.15 Å². The lowest BCUT2D eigenvalue weighted by molar-refractivity contribution is -0.141. The van der Waals surface area contributed by atoms with Crippen molar-refractivity contribution in [1.29, 1.82) is 0 Å². The first-order chi connectivity index (χ1) is 7.37. The summed E-state index contributed by atoms with van der Waals surface area (Å²) in [7, 11) is 0. The zero-order valence-corrected chi connectivity index (χ0v) is 10.5. The molecule has 86 valence electrons. The number of aromatic nitrogens is 3. The molecule has 2 aromatic rings. The first kappa shape index (κ1) is 11.9. The van der Waals surface area contributed by atoms with Gasteiger partial charge in [0.05, 0.1) is 5.52 Å². The lowest BCUT2D eigenvalue weighted by Crippen LogP contribution is -2.18. The molecular weight excluding hydrogens is 357 g/mol. The van der Waals surface area contributed by atoms with E-state index < -0.39 is 12.7 Å². The third kappa shape index (κ3) is 2.40. The van der Waals surface area contributed by atoms with Crippen molar-refractivity contribution in [3.8, 4) is 0 Å². The fraction of sp³-hybridized carbons (Fsp3) is 0.250. The second-order valence-electron chi connectivity index (χ2n) is 3.07. The first-order valence-corrected chi connectivity index (χ1v) is 5.58. The Morgan fingerprint density at radius 2 is 2.06 bits per heavy atom. The van der Waals surface area contributed by atoms with E-state index in [-0.39, 0.29) is 5.15 Å². The highest BCUT2D eigenvalue weighted by atomic mass is 127. The summed E-state index contributed by atoms with van der Waals surface area (Å²) >= 11 is 7.49. The third-order valence-electron chi connectivity index (χ3n) is 1.85. The zero-order chi connectivity index (χ0) is 11.9. The number of fused-ring (bicyclic) bond motifs is 1. The molecule has 0 amide bonds. The van der Waals surface area contributed by atoms with E-state index in [1.54, 1.807) is 0 Å². The summed E-state index contributed by atoms with van der Waals surface area (Å²) in [4.78, 5) is 3.93. The van der Waals surface area contributed by atoms with Crippen LogP contribution >= 0.6 is 34.2 Å². The molecule has 0 bridgehead atoms. The van der Waals surface area contributed by atoms with Crippen molar-refractivity contribution in [2.75, 3.05) is 0 Å². The van der Waals surface area contributed by atoms with Crippen molar-refractivity contribution in [2.24, 2.45) is 0 Å². The number of hydrogen-bond donors (Lipinski definition) is 0. The molecule has 0 aliphatic carbocycles. The largest absolute Gasteiger partial charge is 0.408 e. The summed E-state index contributed by atoms with van der Waals surface area (Å²) in [5.74, 6) is 0. The summed E-state index contributed by atoms with van der Waals surface area (Å²) in [6.07, 6.45) is -4.30. The zero-order valence-electron chi connectivity index (χ0n) is 7.59. The van der Waals surface area contributed by atoms with Gasteiger partial charge in [-0.1, -0.05) is 11.6 Å². The minimum Gasteiger partial charge on any atom is -0.253 e. The van der Waals surface area contributed by atoms with E-state index in [1.165, 1.54) is 12.1 Å². The molecule has 0 saturated heterocycles. The summed E-state index contributed by atoms with van der Waals surface area (Å²) < 4.78 is 38.0. The number of nitrogens with zero attached hydrogens (tertiary/aromatic N) is 3. The van der Waals surface area contributed by atoms with E-state index >= 15 is 0 Å². The summed E-state index contributed by atoms with van der Waals surface area (Å²) in [5, 5.41) is 4.01. The van der Waals surface area contributed by atoms with Gasteiger partial charge in [-0.2, -0.15) is 18.3 Å². The van der Waals surface area contributed by atoms with Gasteiger partial charge in [0.25, 0.3) is 0 Å². The van der Waals surface area contributed by atoms with E-state index in [1.807, 2.05) is 22.6 Å². The Bertz CT molecular complexity index is 537. The third-order valence-corrected chi connectivity index (χ3v) is 2.79. The smallest absolute Gasteiger partial charge is 0.253 e. The molecule has 0 unspecified atom stereocenters. The van der Waals surface area contributed by atoms with Crippen LogP contribution in [0.5, 0.6) is 0 Å². The van der Waals surface area contributed by atoms with Gasteiger partial charge >= 0.3 is 6.18 Å². The topological polar surface area (TPSA) is 30.7 Å². The van der Waals surface area contributed by atoms with Crippen LogP contribution in [-0.2, 0) is 6.54 Å². The number of pyridine rings is 1. The van der Waals surface area contributed by atoms with Crippen molar-refractivity contribution >= 4 is 45.2 Å². The molecule has 0 fully saturated rings. The van der Waals surface area contributed by atoms with E-state index in [0.29, 0.717) is 14.7 Å². The lowest BCUT2D eigenvalue weighted by atomic mass is 10.4. The fourth-order valence-corrected chi connectivity index (χ4v) is 2.09. The maximum absolute atomic E-state index is 12.2. The highest BCUT2D eigenvalue weighted by Crippen LogP contribution is 2.24. The molecule has 2 heterocycles. The van der Waals surface area contributed by atoms with Crippen molar-refractivity contribution in [1.82, 2.24) is 14.8 Å². The van der Waals surface area contributed by atoms with Gasteiger partial charge in [-0.25, -0.2) is 4.98 Å². The highest BCUT2D eigenvalue weighted by Gasteiger charge is 2.29. The van der Waals surface area contributed by atoms with Crippen molar-refractivity contribution in [3.63, 3.8) is 0 Å². The van der Waals surface area contributed by atoms with Gasteiger partial charge in [-0.15, -0.1) is 0 Å². The predicted molar refractivity (Wildman–Crippen MR) is 61.3 cm³/mol. The molecule has 0 aromatic carbocycles. The minimum absolute atomic E-state index is 0.233. The van der Waals surface area contributed by atoms with Gasteiger partial charge in [-0.05, 0) is 34.7 Å². The first-order valence-electron chi connectivity index (χ1n) is 4.12. The van der Waals surface area contributed by atoms with Crippen LogP contribution < -0.4 is 0 Å². The van der Waals surface area contributed by atoms with Crippen LogP contribution in [0.15, 0.2) is 12.1 Å². The van der Waals surface area contributed by atoms with E-state index in [9.17, 15) is 13.2 Å². The van der Waals surface area contributed by atoms with Crippen molar-refractivity contribution in [3.05, 3.63) is 21.0 Å². The van der Waals surface area contributed by atoms with Gasteiger partial charge < -0.3 is 0 Å². The minimum atomic E-state index is -4.30. The quantitative estimate of drug-likeness (QED) is 0.577. The Morgan fingerprint density at radius 3 is 2.69 bits per heavy atom. The summed E-state index contributed by atoms with van der Waals surface area (Å²) in [5.41, 5.74) is 0.712. The Balaban J connectivity index is 2.55. The van der Waals surface area contributed by atoms with Crippen LogP contribution in [0.1, 0.15) is 0 Å². The number of halogens is 5. The standard InChI is InChI=1S/C8H4ClF3IN3/c9-5-2-1-4-6(14-5)7(13)15-16(4)3-8(10,11)12/h1-2H,3H2. The Morgan fingerprint density at radius 1 is 1.38 bits per heavy atom. The van der Waals surface area contributed by atoms with Gasteiger partial charge in [0.15, 0.2) is 0 Å². The Labute approximate surface area is 107 Å².